The van der Waals surface area contributed by atoms with E-state index in [-0.39, 0.29) is 0 Å². The molecule has 2 nitrogen and oxygen atoms in total. The number of nitrogens with one attached hydrogen (secondary N) is 1. The van der Waals surface area contributed by atoms with Gasteiger partial charge in [0.2, 0.25) is 0 Å². The highest BCUT2D eigenvalue weighted by atomic mass is 15.2. The zero-order valence-electron chi connectivity index (χ0n) is 11.8. The van der Waals surface area contributed by atoms with Crippen LogP contribution in [0.5, 0.6) is 0 Å². The summed E-state index contributed by atoms with van der Waals surface area (Å²) in [5.41, 5.74) is 2.99. The average Bonchev–Trinajstić information content (AvgIpc) is 2.27. The van der Waals surface area contributed by atoms with Crippen molar-refractivity contribution in [1.29, 1.82) is 0 Å². The number of unbranched alkanes of at least 4 members (excludes halogenated alkanes) is 5. The van der Waals surface area contributed by atoms with Crippen LogP contribution in [0.3, 0.4) is 0 Å². The SMILES string of the molecule is CCCCCCCCC(NN)C(C)C(C)C. The van der Waals surface area contributed by atoms with Gasteiger partial charge in [0, 0.05) is 6.04 Å². The Morgan fingerprint density at radius 1 is 0.938 bits per heavy atom. The highest BCUT2D eigenvalue weighted by molar-refractivity contribution is 4.73. The summed E-state index contributed by atoms with van der Waals surface area (Å²) in [6, 6.07) is 0.492. The minimum Gasteiger partial charge on any atom is -0.271 e. The molecule has 0 saturated carbocycles. The van der Waals surface area contributed by atoms with Gasteiger partial charge in [0.15, 0.2) is 0 Å². The van der Waals surface area contributed by atoms with E-state index in [0.29, 0.717) is 17.9 Å². The molecule has 0 rings (SSSR count). The lowest BCUT2D eigenvalue weighted by Crippen LogP contribution is -2.41. The lowest BCUT2D eigenvalue weighted by Gasteiger charge is -2.26. The first-order valence-corrected chi connectivity index (χ1v) is 7.09. The molecule has 0 radical (unpaired) electrons. The van der Waals surface area contributed by atoms with Crippen LogP contribution in [-0.2, 0) is 0 Å². The molecule has 0 saturated heterocycles. The molecule has 2 atom stereocenters. The summed E-state index contributed by atoms with van der Waals surface area (Å²) >= 11 is 0. The molecule has 0 bridgehead atoms. The Kier molecular flexibility index (Phi) is 10.0. The summed E-state index contributed by atoms with van der Waals surface area (Å²) in [4.78, 5) is 0. The van der Waals surface area contributed by atoms with Gasteiger partial charge in [-0.1, -0.05) is 66.2 Å². The highest BCUT2D eigenvalue weighted by Crippen LogP contribution is 2.19. The lowest BCUT2D eigenvalue weighted by molar-refractivity contribution is 0.281. The Bertz CT molecular complexity index is 146. The number of rotatable bonds is 10. The van der Waals surface area contributed by atoms with Crippen LogP contribution in [0.25, 0.3) is 0 Å². The third-order valence-corrected chi connectivity index (χ3v) is 3.77. The standard InChI is InChI=1S/C14H32N2/c1-5-6-7-8-9-10-11-14(16-15)13(4)12(2)3/h12-14,16H,5-11,15H2,1-4H3. The maximum atomic E-state index is 5.62. The van der Waals surface area contributed by atoms with E-state index < -0.39 is 0 Å². The quantitative estimate of drug-likeness (QED) is 0.338. The normalized spacial score (nSPS) is 15.4. The molecule has 0 aliphatic heterocycles. The topological polar surface area (TPSA) is 38.0 Å². The molecule has 0 heterocycles. The second-order valence-electron chi connectivity index (χ2n) is 5.43. The van der Waals surface area contributed by atoms with Crippen LogP contribution in [0, 0.1) is 11.8 Å². The van der Waals surface area contributed by atoms with Crippen LogP contribution in [-0.4, -0.2) is 6.04 Å². The van der Waals surface area contributed by atoms with E-state index in [1.54, 1.807) is 0 Å². The number of hydrogen-bond donors (Lipinski definition) is 2. The van der Waals surface area contributed by atoms with Crippen LogP contribution in [0.2, 0.25) is 0 Å². The maximum absolute atomic E-state index is 5.62. The molecule has 0 aliphatic carbocycles. The van der Waals surface area contributed by atoms with Crippen molar-refractivity contribution >= 4 is 0 Å². The maximum Gasteiger partial charge on any atom is 0.0238 e. The van der Waals surface area contributed by atoms with Crippen LogP contribution < -0.4 is 11.3 Å². The largest absolute Gasteiger partial charge is 0.271 e. The molecule has 0 amide bonds. The van der Waals surface area contributed by atoms with Crippen molar-refractivity contribution in [2.75, 3.05) is 0 Å². The van der Waals surface area contributed by atoms with Gasteiger partial charge < -0.3 is 0 Å². The zero-order chi connectivity index (χ0) is 12.4. The molecule has 2 heteroatoms. The number of hydrogen-bond acceptors (Lipinski definition) is 2. The van der Waals surface area contributed by atoms with Crippen molar-refractivity contribution in [1.82, 2.24) is 5.43 Å². The van der Waals surface area contributed by atoms with E-state index >= 15 is 0 Å². The van der Waals surface area contributed by atoms with Gasteiger partial charge in [-0.05, 0) is 18.3 Å². The fraction of sp³-hybridized carbons (Fsp3) is 1.00. The van der Waals surface area contributed by atoms with Crippen molar-refractivity contribution in [3.05, 3.63) is 0 Å². The molecule has 16 heavy (non-hydrogen) atoms. The molecule has 0 aromatic carbocycles. The lowest BCUT2D eigenvalue weighted by atomic mass is 9.87. The van der Waals surface area contributed by atoms with E-state index in [1.165, 1.54) is 44.9 Å². The summed E-state index contributed by atoms with van der Waals surface area (Å²) in [5, 5.41) is 0. The molecular formula is C14H32N2. The van der Waals surface area contributed by atoms with E-state index in [0.717, 1.165) is 0 Å². The Morgan fingerprint density at radius 2 is 1.50 bits per heavy atom. The number of hydrazine groups is 1. The summed E-state index contributed by atoms with van der Waals surface area (Å²) in [5.74, 6) is 7.00. The Balaban J connectivity index is 3.55. The van der Waals surface area contributed by atoms with Crippen LogP contribution in [0.1, 0.15) is 72.6 Å². The Hall–Kier alpha value is -0.0800. The molecule has 0 spiro atoms. The van der Waals surface area contributed by atoms with Gasteiger partial charge in [-0.2, -0.15) is 0 Å². The molecule has 0 aromatic heterocycles. The van der Waals surface area contributed by atoms with E-state index in [1.807, 2.05) is 0 Å². The van der Waals surface area contributed by atoms with Gasteiger partial charge in [-0.3, -0.25) is 11.3 Å². The van der Waals surface area contributed by atoms with Gasteiger partial charge in [0.05, 0.1) is 0 Å². The highest BCUT2D eigenvalue weighted by Gasteiger charge is 2.18. The fourth-order valence-electron chi connectivity index (χ4n) is 2.11. The smallest absolute Gasteiger partial charge is 0.0238 e. The molecule has 0 aliphatic rings. The Labute approximate surface area is 102 Å². The average molecular weight is 228 g/mol. The first kappa shape index (κ1) is 15.9. The molecule has 2 unspecified atom stereocenters. The second-order valence-corrected chi connectivity index (χ2v) is 5.43. The van der Waals surface area contributed by atoms with Crippen molar-refractivity contribution in [3.8, 4) is 0 Å². The molecule has 0 aromatic rings. The summed E-state index contributed by atoms with van der Waals surface area (Å²) in [6.07, 6.45) is 9.41. The van der Waals surface area contributed by atoms with E-state index in [9.17, 15) is 0 Å². The van der Waals surface area contributed by atoms with Gasteiger partial charge in [0.25, 0.3) is 0 Å². The van der Waals surface area contributed by atoms with Gasteiger partial charge in [0.1, 0.15) is 0 Å². The van der Waals surface area contributed by atoms with Gasteiger partial charge in [-0.25, -0.2) is 0 Å². The summed E-state index contributed by atoms with van der Waals surface area (Å²) in [7, 11) is 0. The Morgan fingerprint density at radius 3 is 2.00 bits per heavy atom. The number of nitrogens with two attached hydrogens (primary N) is 1. The van der Waals surface area contributed by atoms with Crippen LogP contribution in [0.4, 0.5) is 0 Å². The second kappa shape index (κ2) is 10.1. The third kappa shape index (κ3) is 7.24. The predicted molar refractivity (Wildman–Crippen MR) is 73.1 cm³/mol. The monoisotopic (exact) mass is 228 g/mol. The zero-order valence-corrected chi connectivity index (χ0v) is 11.8. The molecule has 3 N–H and O–H groups in total. The summed E-state index contributed by atoms with van der Waals surface area (Å²) < 4.78 is 0. The molecular weight excluding hydrogens is 196 g/mol. The molecule has 0 fully saturated rings. The minimum atomic E-state index is 0.492. The van der Waals surface area contributed by atoms with E-state index in [2.05, 4.69) is 33.1 Å². The first-order chi connectivity index (χ1) is 7.63. The van der Waals surface area contributed by atoms with Crippen molar-refractivity contribution in [2.24, 2.45) is 17.7 Å². The predicted octanol–water partition coefficient (Wildman–Crippen LogP) is 3.86. The van der Waals surface area contributed by atoms with E-state index in [4.69, 9.17) is 5.84 Å². The van der Waals surface area contributed by atoms with Crippen LogP contribution >= 0.6 is 0 Å². The first-order valence-electron chi connectivity index (χ1n) is 7.09. The minimum absolute atomic E-state index is 0.492. The van der Waals surface area contributed by atoms with Gasteiger partial charge in [-0.15, -0.1) is 0 Å². The fourth-order valence-corrected chi connectivity index (χ4v) is 2.11. The van der Waals surface area contributed by atoms with Crippen LogP contribution in [0.15, 0.2) is 0 Å². The van der Waals surface area contributed by atoms with Crippen molar-refractivity contribution in [3.63, 3.8) is 0 Å². The van der Waals surface area contributed by atoms with Crippen molar-refractivity contribution < 1.29 is 0 Å². The third-order valence-electron chi connectivity index (χ3n) is 3.77. The van der Waals surface area contributed by atoms with Gasteiger partial charge >= 0.3 is 0 Å². The molecule has 98 valence electrons. The summed E-state index contributed by atoms with van der Waals surface area (Å²) in [6.45, 7) is 9.11. The van der Waals surface area contributed by atoms with Crippen molar-refractivity contribution in [2.45, 2.75) is 78.7 Å².